The molecule has 0 unspecified atom stereocenters. The molecule has 19 heavy (non-hydrogen) atoms. The largest absolute Gasteiger partial charge is 0.466 e. The number of aromatic nitrogens is 1. The Balaban J connectivity index is 2.00. The minimum Gasteiger partial charge on any atom is -0.466 e. The maximum atomic E-state index is 11.6. The summed E-state index contributed by atoms with van der Waals surface area (Å²) in [7, 11) is 0. The zero-order valence-corrected chi connectivity index (χ0v) is 12.6. The molecule has 0 saturated heterocycles. The summed E-state index contributed by atoms with van der Waals surface area (Å²) in [5, 5.41) is 0. The Hall–Kier alpha value is -1.20. The van der Waals surface area contributed by atoms with Gasteiger partial charge < -0.3 is 9.30 Å². The molecule has 0 fully saturated rings. The zero-order valence-electron chi connectivity index (χ0n) is 10.9. The molecule has 0 atom stereocenters. The van der Waals surface area contributed by atoms with Crippen molar-refractivity contribution in [3.8, 4) is 0 Å². The van der Waals surface area contributed by atoms with Crippen molar-refractivity contribution in [2.45, 2.75) is 32.7 Å². The van der Waals surface area contributed by atoms with Crippen LogP contribution >= 0.6 is 23.6 Å². The number of hydrogen-bond donors (Lipinski definition) is 0. The van der Waals surface area contributed by atoms with Gasteiger partial charge >= 0.3 is 5.97 Å². The van der Waals surface area contributed by atoms with E-state index in [2.05, 4.69) is 6.92 Å². The van der Waals surface area contributed by atoms with Crippen LogP contribution in [-0.2, 0) is 16.1 Å². The standard InChI is InChI=1S/C14H17NO2S2/c1-2-3-10-17-13(16)8-9-15-11-6-4-5-7-12(11)19-14(15)18/h4-7H,2-3,8-10H2,1H3. The summed E-state index contributed by atoms with van der Waals surface area (Å²) in [5.41, 5.74) is 1.10. The summed E-state index contributed by atoms with van der Waals surface area (Å²) in [6.07, 6.45) is 2.33. The number of hydrogen-bond acceptors (Lipinski definition) is 4. The second kappa shape index (κ2) is 6.82. The number of para-hydroxylation sites is 1. The van der Waals surface area contributed by atoms with Gasteiger partial charge in [0.25, 0.3) is 0 Å². The third-order valence-electron chi connectivity index (χ3n) is 2.87. The number of aryl methyl sites for hydroxylation is 1. The molecule has 0 spiro atoms. The lowest BCUT2D eigenvalue weighted by molar-refractivity contribution is -0.144. The predicted octanol–water partition coefficient (Wildman–Crippen LogP) is 4.17. The highest BCUT2D eigenvalue weighted by Gasteiger charge is 2.07. The lowest BCUT2D eigenvalue weighted by Crippen LogP contribution is -2.09. The summed E-state index contributed by atoms with van der Waals surface area (Å²) in [5.74, 6) is -0.148. The van der Waals surface area contributed by atoms with E-state index in [0.29, 0.717) is 19.6 Å². The van der Waals surface area contributed by atoms with Crippen LogP contribution in [0.2, 0.25) is 0 Å². The SMILES string of the molecule is CCCCOC(=O)CCn1c(=S)sc2ccccc21. The van der Waals surface area contributed by atoms with Crippen molar-refractivity contribution >= 4 is 39.7 Å². The Bertz CT molecular complexity index is 615. The number of rotatable bonds is 6. The summed E-state index contributed by atoms with van der Waals surface area (Å²) in [6, 6.07) is 8.06. The maximum Gasteiger partial charge on any atom is 0.307 e. The molecule has 0 radical (unpaired) electrons. The first kappa shape index (κ1) is 14.2. The van der Waals surface area contributed by atoms with Crippen molar-refractivity contribution in [2.75, 3.05) is 6.61 Å². The number of fused-ring (bicyclic) bond motifs is 1. The van der Waals surface area contributed by atoms with Crippen molar-refractivity contribution < 1.29 is 9.53 Å². The lowest BCUT2D eigenvalue weighted by atomic mass is 10.3. The lowest BCUT2D eigenvalue weighted by Gasteiger charge is -2.05. The van der Waals surface area contributed by atoms with Crippen molar-refractivity contribution in [1.29, 1.82) is 0 Å². The van der Waals surface area contributed by atoms with Gasteiger partial charge in [-0.1, -0.05) is 25.5 Å². The molecule has 0 bridgehead atoms. The molecule has 1 heterocycles. The number of esters is 1. The van der Waals surface area contributed by atoms with Crippen LogP contribution < -0.4 is 0 Å². The second-order valence-corrected chi connectivity index (χ2v) is 5.99. The third-order valence-corrected chi connectivity index (χ3v) is 4.30. The van der Waals surface area contributed by atoms with Gasteiger partial charge in [-0.15, -0.1) is 11.3 Å². The first-order chi connectivity index (χ1) is 9.22. The van der Waals surface area contributed by atoms with Gasteiger partial charge in [-0.25, -0.2) is 0 Å². The Morgan fingerprint density at radius 1 is 1.42 bits per heavy atom. The molecule has 0 amide bonds. The molecule has 1 aromatic carbocycles. The molecule has 5 heteroatoms. The summed E-state index contributed by atoms with van der Waals surface area (Å²) in [6.45, 7) is 3.18. The van der Waals surface area contributed by atoms with Crippen molar-refractivity contribution in [1.82, 2.24) is 4.57 Å². The molecule has 2 aromatic rings. The number of unbranched alkanes of at least 4 members (excludes halogenated alkanes) is 1. The van der Waals surface area contributed by atoms with Gasteiger partial charge in [0.2, 0.25) is 0 Å². The van der Waals surface area contributed by atoms with E-state index in [4.69, 9.17) is 17.0 Å². The highest BCUT2D eigenvalue weighted by molar-refractivity contribution is 7.73. The van der Waals surface area contributed by atoms with Crippen LogP contribution in [0.15, 0.2) is 24.3 Å². The smallest absolute Gasteiger partial charge is 0.307 e. The number of ether oxygens (including phenoxy) is 1. The molecule has 0 aliphatic carbocycles. The van der Waals surface area contributed by atoms with Gasteiger partial charge in [-0.05, 0) is 30.8 Å². The van der Waals surface area contributed by atoms with Gasteiger partial charge in [0.1, 0.15) is 0 Å². The third kappa shape index (κ3) is 3.64. The van der Waals surface area contributed by atoms with E-state index in [0.717, 1.165) is 27.0 Å². The van der Waals surface area contributed by atoms with Crippen LogP contribution in [-0.4, -0.2) is 17.1 Å². The van der Waals surface area contributed by atoms with E-state index in [1.165, 1.54) is 0 Å². The molecule has 1 aromatic heterocycles. The Labute approximate surface area is 121 Å². The number of carbonyl (C=O) groups is 1. The molecule has 0 N–H and O–H groups in total. The molecular weight excluding hydrogens is 278 g/mol. The van der Waals surface area contributed by atoms with Crippen LogP contribution in [0.4, 0.5) is 0 Å². The Kier molecular flexibility index (Phi) is 5.10. The molecule has 3 nitrogen and oxygen atoms in total. The predicted molar refractivity (Wildman–Crippen MR) is 81.1 cm³/mol. The fourth-order valence-corrected chi connectivity index (χ4v) is 3.21. The number of nitrogens with zero attached hydrogens (tertiary/aromatic N) is 1. The molecular formula is C14H17NO2S2. The highest BCUT2D eigenvalue weighted by Crippen LogP contribution is 2.22. The van der Waals surface area contributed by atoms with Crippen molar-refractivity contribution in [2.24, 2.45) is 0 Å². The van der Waals surface area contributed by atoms with E-state index in [-0.39, 0.29) is 5.97 Å². The van der Waals surface area contributed by atoms with E-state index >= 15 is 0 Å². The van der Waals surface area contributed by atoms with Crippen LogP contribution in [0.25, 0.3) is 10.2 Å². The number of thiazole rings is 1. The van der Waals surface area contributed by atoms with Crippen LogP contribution in [0.1, 0.15) is 26.2 Å². The fourth-order valence-electron chi connectivity index (χ4n) is 1.83. The molecule has 0 aliphatic rings. The first-order valence-electron chi connectivity index (χ1n) is 6.46. The van der Waals surface area contributed by atoms with E-state index in [9.17, 15) is 4.79 Å². The van der Waals surface area contributed by atoms with Gasteiger partial charge in [0, 0.05) is 6.54 Å². The molecule has 0 aliphatic heterocycles. The quantitative estimate of drug-likeness (QED) is 0.455. The van der Waals surface area contributed by atoms with Crippen molar-refractivity contribution in [3.63, 3.8) is 0 Å². The van der Waals surface area contributed by atoms with Gasteiger partial charge in [-0.3, -0.25) is 4.79 Å². The number of carbonyl (C=O) groups excluding carboxylic acids is 1. The van der Waals surface area contributed by atoms with Crippen molar-refractivity contribution in [3.05, 3.63) is 28.2 Å². The maximum absolute atomic E-state index is 11.6. The molecule has 2 rings (SSSR count). The normalized spacial score (nSPS) is 10.8. The molecule has 102 valence electrons. The van der Waals surface area contributed by atoms with Crippen LogP contribution in [0.5, 0.6) is 0 Å². The topological polar surface area (TPSA) is 31.2 Å². The summed E-state index contributed by atoms with van der Waals surface area (Å²) in [4.78, 5) is 11.6. The first-order valence-corrected chi connectivity index (χ1v) is 7.69. The summed E-state index contributed by atoms with van der Waals surface area (Å²) < 4.78 is 9.13. The van der Waals surface area contributed by atoms with Gasteiger partial charge in [0.15, 0.2) is 3.95 Å². The van der Waals surface area contributed by atoms with Crippen LogP contribution in [0.3, 0.4) is 0 Å². The Morgan fingerprint density at radius 2 is 2.21 bits per heavy atom. The highest BCUT2D eigenvalue weighted by atomic mass is 32.1. The average molecular weight is 295 g/mol. The van der Waals surface area contributed by atoms with E-state index in [1.807, 2.05) is 28.8 Å². The number of benzene rings is 1. The second-order valence-electron chi connectivity index (χ2n) is 4.31. The Morgan fingerprint density at radius 3 is 3.00 bits per heavy atom. The minimum atomic E-state index is -0.148. The fraction of sp³-hybridized carbons (Fsp3) is 0.429. The summed E-state index contributed by atoms with van der Waals surface area (Å²) >= 11 is 6.92. The van der Waals surface area contributed by atoms with E-state index < -0.39 is 0 Å². The van der Waals surface area contributed by atoms with Gasteiger partial charge in [0.05, 0.1) is 23.2 Å². The van der Waals surface area contributed by atoms with Gasteiger partial charge in [-0.2, -0.15) is 0 Å². The zero-order chi connectivity index (χ0) is 13.7. The van der Waals surface area contributed by atoms with E-state index in [1.54, 1.807) is 11.3 Å². The monoisotopic (exact) mass is 295 g/mol. The average Bonchev–Trinajstić information content (AvgIpc) is 2.72. The minimum absolute atomic E-state index is 0.148. The van der Waals surface area contributed by atoms with Crippen LogP contribution in [0, 0.1) is 3.95 Å². The molecule has 0 saturated carbocycles.